The second-order valence-corrected chi connectivity index (χ2v) is 19.3. The smallest absolute Gasteiger partial charge is 0.0998 e. The molecule has 0 fully saturated rings. The number of aryl methyl sites for hydroxylation is 2. The van der Waals surface area contributed by atoms with Crippen molar-refractivity contribution in [2.45, 2.75) is 13.8 Å². The van der Waals surface area contributed by atoms with Crippen LogP contribution < -0.4 is 9.80 Å². The van der Waals surface area contributed by atoms with Gasteiger partial charge in [0.15, 0.2) is 0 Å². The largest absolute Gasteiger partial charge is 0.310 e. The van der Waals surface area contributed by atoms with E-state index in [0.717, 1.165) is 111 Å². The first-order valence-corrected chi connectivity index (χ1v) is 25.5. The number of hydrogen-bond acceptors (Lipinski definition) is 4. The molecule has 0 unspecified atom stereocenters. The second-order valence-electron chi connectivity index (χ2n) is 19.3. The Labute approximate surface area is 441 Å². The number of benzene rings is 11. The van der Waals surface area contributed by atoms with Crippen LogP contribution in [0.25, 0.3) is 77.2 Å². The van der Waals surface area contributed by atoms with Gasteiger partial charge in [0.1, 0.15) is 0 Å². The number of aromatic nitrogens is 2. The number of para-hydroxylation sites is 4. The van der Waals surface area contributed by atoms with Crippen molar-refractivity contribution < 1.29 is 0 Å². The van der Waals surface area contributed by atoms with Gasteiger partial charge in [0.05, 0.1) is 51.0 Å². The van der Waals surface area contributed by atoms with Gasteiger partial charge in [-0.25, -0.2) is 0 Å². The monoisotopic (exact) mass is 972 g/mol. The van der Waals surface area contributed by atoms with E-state index in [1.807, 2.05) is 36.4 Å². The molecule has 13 aromatic rings. The van der Waals surface area contributed by atoms with Crippen molar-refractivity contribution >= 4 is 77.7 Å². The average Bonchev–Trinajstić information content (AvgIpc) is 3.96. The fourth-order valence-corrected chi connectivity index (χ4v) is 11.3. The Morgan fingerprint density at radius 3 is 1.01 bits per heavy atom. The first-order chi connectivity index (χ1) is 37.4. The normalized spacial score (nSPS) is 11.3. The van der Waals surface area contributed by atoms with Crippen LogP contribution in [0.1, 0.15) is 22.3 Å². The van der Waals surface area contributed by atoms with Crippen LogP contribution >= 0.6 is 0 Å². The molecule has 0 saturated heterocycles. The maximum atomic E-state index is 11.0. The Morgan fingerprint density at radius 2 is 0.632 bits per heavy atom. The summed E-state index contributed by atoms with van der Waals surface area (Å²) in [4.78, 5) is 4.61. The van der Waals surface area contributed by atoms with E-state index in [-0.39, 0.29) is 0 Å². The highest BCUT2D eigenvalue weighted by atomic mass is 15.2. The minimum atomic E-state index is 0.543. The number of nitriles is 2. The molecule has 0 bridgehead atoms. The van der Waals surface area contributed by atoms with Gasteiger partial charge in [-0.3, -0.25) is 0 Å². The van der Waals surface area contributed by atoms with Crippen LogP contribution in [0, 0.1) is 36.5 Å². The van der Waals surface area contributed by atoms with Gasteiger partial charge in [0.25, 0.3) is 0 Å². The van der Waals surface area contributed by atoms with Gasteiger partial charge >= 0.3 is 0 Å². The molecule has 6 nitrogen and oxygen atoms in total. The Balaban J connectivity index is 1.19. The molecule has 0 saturated carbocycles. The predicted molar refractivity (Wildman–Crippen MR) is 314 cm³/mol. The molecule has 0 aliphatic carbocycles. The van der Waals surface area contributed by atoms with Gasteiger partial charge in [-0.2, -0.15) is 10.5 Å². The molecule has 0 aliphatic rings. The molecule has 0 N–H and O–H groups in total. The molecule has 0 spiro atoms. The lowest BCUT2D eigenvalue weighted by Crippen LogP contribution is -2.09. The van der Waals surface area contributed by atoms with Crippen molar-refractivity contribution in [2.24, 2.45) is 0 Å². The second kappa shape index (κ2) is 18.9. The van der Waals surface area contributed by atoms with Crippen LogP contribution in [0.4, 0.5) is 34.1 Å². The van der Waals surface area contributed by atoms with Gasteiger partial charge in [0, 0.05) is 83.6 Å². The lowest BCUT2D eigenvalue weighted by molar-refractivity contribution is 1.14. The predicted octanol–water partition coefficient (Wildman–Crippen LogP) is 18.5. The van der Waals surface area contributed by atoms with E-state index in [9.17, 15) is 10.5 Å². The first kappa shape index (κ1) is 45.5. The molecule has 0 aliphatic heterocycles. The molecule has 6 heteroatoms. The summed E-state index contributed by atoms with van der Waals surface area (Å²) in [6.07, 6.45) is 0. The Morgan fingerprint density at radius 1 is 0.303 bits per heavy atom. The van der Waals surface area contributed by atoms with Gasteiger partial charge < -0.3 is 18.9 Å². The van der Waals surface area contributed by atoms with Crippen LogP contribution in [0.2, 0.25) is 0 Å². The molecule has 0 radical (unpaired) electrons. The van der Waals surface area contributed by atoms with Crippen molar-refractivity contribution in [3.05, 3.63) is 277 Å². The Bertz CT molecular complexity index is 4090. The molecule has 11 aromatic carbocycles. The summed E-state index contributed by atoms with van der Waals surface area (Å²) >= 11 is 0. The van der Waals surface area contributed by atoms with E-state index in [1.54, 1.807) is 0 Å². The summed E-state index contributed by atoms with van der Waals surface area (Å²) in [5.41, 5.74) is 18.7. The molecule has 0 amide bonds. The van der Waals surface area contributed by atoms with Crippen molar-refractivity contribution in [2.75, 3.05) is 9.80 Å². The van der Waals surface area contributed by atoms with Crippen LogP contribution in [-0.4, -0.2) is 9.13 Å². The van der Waals surface area contributed by atoms with Gasteiger partial charge in [-0.1, -0.05) is 132 Å². The van der Waals surface area contributed by atoms with Crippen molar-refractivity contribution in [1.82, 2.24) is 9.13 Å². The van der Waals surface area contributed by atoms with Crippen molar-refractivity contribution in [3.8, 4) is 45.8 Å². The third-order valence-electron chi connectivity index (χ3n) is 14.6. The van der Waals surface area contributed by atoms with E-state index in [4.69, 9.17) is 0 Å². The average molecular weight is 973 g/mol. The number of hydrogen-bond donors (Lipinski definition) is 0. The quantitative estimate of drug-likeness (QED) is 0.137. The molecule has 0 atom stereocenters. The zero-order valence-electron chi connectivity index (χ0n) is 41.9. The fourth-order valence-electron chi connectivity index (χ4n) is 11.3. The van der Waals surface area contributed by atoms with E-state index >= 15 is 0 Å². The standard InChI is InChI=1S/C70H48N6/c1-47-31-35-66-60(39-47)61-40-48(2)32-36-67(61)75(66)57-43-64(58-29-17-15-19-49(58)45-71)70(65(44-57)59-30-18-16-20-50(59)46-72)76-68-37-33-55(73(51-21-7-3-8-22-51)52-23-9-4-10-24-52)41-62(68)63-42-56(34-38-69(63)76)74(53-25-11-5-12-26-53)54-27-13-6-14-28-54/h3-44H,1-2H3. The van der Waals surface area contributed by atoms with Gasteiger partial charge in [0.2, 0.25) is 0 Å². The first-order valence-electron chi connectivity index (χ1n) is 25.5. The molecule has 2 heterocycles. The molecule has 76 heavy (non-hydrogen) atoms. The molecular weight excluding hydrogens is 925 g/mol. The summed E-state index contributed by atoms with van der Waals surface area (Å²) in [5.74, 6) is 0. The molecule has 358 valence electrons. The van der Waals surface area contributed by atoms with Crippen molar-refractivity contribution in [1.29, 1.82) is 10.5 Å². The number of fused-ring (bicyclic) bond motifs is 6. The zero-order chi connectivity index (χ0) is 51.3. The third-order valence-corrected chi connectivity index (χ3v) is 14.6. The zero-order valence-corrected chi connectivity index (χ0v) is 41.9. The summed E-state index contributed by atoms with van der Waals surface area (Å²) < 4.78 is 4.72. The van der Waals surface area contributed by atoms with Crippen molar-refractivity contribution in [3.63, 3.8) is 0 Å². The Kier molecular flexibility index (Phi) is 11.3. The van der Waals surface area contributed by atoms with Crippen LogP contribution in [0.15, 0.2) is 255 Å². The maximum absolute atomic E-state index is 11.0. The fraction of sp³-hybridized carbons (Fsp3) is 0.0286. The molecule has 13 rings (SSSR count). The summed E-state index contributed by atoms with van der Waals surface area (Å²) in [6, 6.07) is 94.3. The highest BCUT2D eigenvalue weighted by molar-refractivity contribution is 6.14. The maximum Gasteiger partial charge on any atom is 0.0998 e. The molecule has 2 aromatic heterocycles. The molecular formula is C70H48N6. The van der Waals surface area contributed by atoms with Crippen LogP contribution in [0.5, 0.6) is 0 Å². The van der Waals surface area contributed by atoms with Crippen LogP contribution in [-0.2, 0) is 0 Å². The van der Waals surface area contributed by atoms with Crippen LogP contribution in [0.3, 0.4) is 0 Å². The number of nitrogens with zero attached hydrogens (tertiary/aromatic N) is 6. The van der Waals surface area contributed by atoms with E-state index < -0.39 is 0 Å². The minimum absolute atomic E-state index is 0.543. The highest BCUT2D eigenvalue weighted by Gasteiger charge is 2.27. The van der Waals surface area contributed by atoms with E-state index in [0.29, 0.717) is 11.1 Å². The van der Waals surface area contributed by atoms with Gasteiger partial charge in [-0.05, 0) is 147 Å². The SMILES string of the molecule is Cc1ccc2c(c1)c1cc(C)ccc1n2-c1cc(-c2ccccc2C#N)c(-n2c3ccc(N(c4ccccc4)c4ccccc4)cc3c3cc(N(c4ccccc4)c4ccccc4)ccc32)c(-c2ccccc2C#N)c1. The third kappa shape index (κ3) is 7.73. The Hall–Kier alpha value is -10.4. The lowest BCUT2D eigenvalue weighted by atomic mass is 9.90. The lowest BCUT2D eigenvalue weighted by Gasteiger charge is -2.26. The van der Waals surface area contributed by atoms with E-state index in [1.165, 1.54) is 11.1 Å². The topological polar surface area (TPSA) is 63.9 Å². The minimum Gasteiger partial charge on any atom is -0.310 e. The highest BCUT2D eigenvalue weighted by Crippen LogP contribution is 2.48. The van der Waals surface area contributed by atoms with Gasteiger partial charge in [-0.15, -0.1) is 0 Å². The summed E-state index contributed by atoms with van der Waals surface area (Å²) in [6.45, 7) is 4.28. The van der Waals surface area contributed by atoms with E-state index in [2.05, 4.69) is 263 Å². The number of anilines is 6. The summed E-state index contributed by atoms with van der Waals surface area (Å²) in [5, 5.41) is 26.4. The summed E-state index contributed by atoms with van der Waals surface area (Å²) in [7, 11) is 0. The number of rotatable bonds is 10.